The van der Waals surface area contributed by atoms with Gasteiger partial charge in [-0.3, -0.25) is 0 Å². The smallest absolute Gasteiger partial charge is 0.0752 e. The molecule has 0 aliphatic carbocycles. The van der Waals surface area contributed by atoms with E-state index in [0.717, 1.165) is 18.0 Å². The third-order valence-electron chi connectivity index (χ3n) is 0.381. The number of aliphatic hydroxyl groups is 1. The van der Waals surface area contributed by atoms with Crippen LogP contribution >= 0.6 is 15.9 Å². The first-order chi connectivity index (χ1) is 2.91. The van der Waals surface area contributed by atoms with Gasteiger partial charge in [-0.2, -0.15) is 0 Å². The van der Waals surface area contributed by atoms with Crippen LogP contribution in [0.25, 0.3) is 0 Å². The third kappa shape index (κ3) is 4.02. The largest absolute Gasteiger partial charge is 0.516 e. The second-order valence-corrected chi connectivity index (χ2v) is 1.66. The topological polar surface area (TPSA) is 20.2 Å². The summed E-state index contributed by atoms with van der Waals surface area (Å²) in [5.74, 6) is 0. The highest BCUT2D eigenvalue weighted by atomic mass is 79.9. The molecule has 0 aliphatic heterocycles. The van der Waals surface area contributed by atoms with Crippen molar-refractivity contribution in [3.05, 3.63) is 12.3 Å². The van der Waals surface area contributed by atoms with Gasteiger partial charge in [0.15, 0.2) is 0 Å². The summed E-state index contributed by atoms with van der Waals surface area (Å²) < 4.78 is 0. The Balaban J connectivity index is 2.66. The first-order valence-electron chi connectivity index (χ1n) is 1.77. The maximum Gasteiger partial charge on any atom is 0.0752 e. The lowest BCUT2D eigenvalue weighted by atomic mass is 10.5. The van der Waals surface area contributed by atoms with Crippen molar-refractivity contribution in [3.8, 4) is 0 Å². The van der Waals surface area contributed by atoms with Crippen LogP contribution in [0.4, 0.5) is 0 Å². The Morgan fingerprint density at radius 3 is 2.50 bits per heavy atom. The van der Waals surface area contributed by atoms with Gasteiger partial charge in [0.1, 0.15) is 0 Å². The highest BCUT2D eigenvalue weighted by Gasteiger charge is 1.67. The molecular weight excluding hydrogens is 144 g/mol. The molecular formula is C4H7BrO. The van der Waals surface area contributed by atoms with E-state index >= 15 is 0 Å². The molecule has 0 saturated heterocycles. The molecule has 1 N–H and O–H groups in total. The molecule has 0 amide bonds. The maximum absolute atomic E-state index is 8.00. The Bertz CT molecular complexity index is 42.8. The maximum atomic E-state index is 8.00. The minimum Gasteiger partial charge on any atom is -0.516 e. The van der Waals surface area contributed by atoms with Gasteiger partial charge < -0.3 is 5.11 Å². The Kier molecular flexibility index (Phi) is 5.04. The third-order valence-corrected chi connectivity index (χ3v) is 0.839. The van der Waals surface area contributed by atoms with Crippen molar-refractivity contribution in [3.63, 3.8) is 0 Å². The van der Waals surface area contributed by atoms with Crippen LogP contribution in [0, 0.1) is 0 Å². The lowest BCUT2D eigenvalue weighted by Gasteiger charge is -1.74. The number of aliphatic hydroxyl groups excluding tert-OH is 1. The molecule has 2 heteroatoms. The Morgan fingerprint density at radius 2 is 2.33 bits per heavy atom. The Labute approximate surface area is 45.8 Å². The van der Waals surface area contributed by atoms with E-state index in [1.54, 1.807) is 6.08 Å². The molecule has 0 heterocycles. The second-order valence-electron chi connectivity index (χ2n) is 0.862. The molecule has 36 valence electrons. The van der Waals surface area contributed by atoms with Gasteiger partial charge in [-0.15, -0.1) is 0 Å². The predicted molar refractivity (Wildman–Crippen MR) is 30.2 cm³/mol. The second kappa shape index (κ2) is 5.02. The van der Waals surface area contributed by atoms with Crippen LogP contribution in [-0.2, 0) is 0 Å². The van der Waals surface area contributed by atoms with E-state index in [2.05, 4.69) is 15.9 Å². The number of alkyl halides is 1. The lowest BCUT2D eigenvalue weighted by Crippen LogP contribution is -1.62. The Hall–Kier alpha value is 0.0200. The van der Waals surface area contributed by atoms with Crippen molar-refractivity contribution in [1.82, 2.24) is 0 Å². The molecule has 0 spiro atoms. The van der Waals surface area contributed by atoms with Gasteiger partial charge >= 0.3 is 0 Å². The summed E-state index contributed by atoms with van der Waals surface area (Å²) >= 11 is 3.19. The molecule has 0 aromatic rings. The van der Waals surface area contributed by atoms with E-state index < -0.39 is 0 Å². The number of hydrogen-bond acceptors (Lipinski definition) is 1. The zero-order valence-corrected chi connectivity index (χ0v) is 4.98. The van der Waals surface area contributed by atoms with E-state index in [0.29, 0.717) is 0 Å². The van der Waals surface area contributed by atoms with Gasteiger partial charge in [-0.25, -0.2) is 0 Å². The highest BCUT2D eigenvalue weighted by Crippen LogP contribution is 1.86. The van der Waals surface area contributed by atoms with E-state index in [4.69, 9.17) is 5.11 Å². The van der Waals surface area contributed by atoms with E-state index in [1.807, 2.05) is 0 Å². The molecule has 0 saturated carbocycles. The van der Waals surface area contributed by atoms with Gasteiger partial charge in [0.05, 0.1) is 6.26 Å². The quantitative estimate of drug-likeness (QED) is 0.471. The van der Waals surface area contributed by atoms with Gasteiger partial charge in [0.25, 0.3) is 0 Å². The van der Waals surface area contributed by atoms with E-state index in [-0.39, 0.29) is 0 Å². The summed E-state index contributed by atoms with van der Waals surface area (Å²) in [7, 11) is 0. The zero-order chi connectivity index (χ0) is 4.83. The fourth-order valence-electron chi connectivity index (χ4n) is 0.138. The van der Waals surface area contributed by atoms with Crippen LogP contribution in [0.2, 0.25) is 0 Å². The van der Waals surface area contributed by atoms with Crippen LogP contribution in [0.1, 0.15) is 6.42 Å². The van der Waals surface area contributed by atoms with Crippen molar-refractivity contribution in [1.29, 1.82) is 0 Å². The summed E-state index contributed by atoms with van der Waals surface area (Å²) in [6.07, 6.45) is 3.65. The molecule has 0 aromatic carbocycles. The molecule has 6 heavy (non-hydrogen) atoms. The molecule has 0 rings (SSSR count). The summed E-state index contributed by atoms with van der Waals surface area (Å²) in [6, 6.07) is 0. The lowest BCUT2D eigenvalue weighted by molar-refractivity contribution is 0.471. The SMILES string of the molecule is O/C=C/CCBr. The molecule has 0 aliphatic rings. The summed E-state index contributed by atoms with van der Waals surface area (Å²) in [5.41, 5.74) is 0. The van der Waals surface area contributed by atoms with Crippen LogP contribution in [0.3, 0.4) is 0 Å². The van der Waals surface area contributed by atoms with Gasteiger partial charge in [0, 0.05) is 5.33 Å². The normalized spacial score (nSPS) is 10.2. The van der Waals surface area contributed by atoms with Crippen LogP contribution in [-0.4, -0.2) is 10.4 Å². The molecule has 0 fully saturated rings. The minimum atomic E-state index is 0.899. The average Bonchev–Trinajstić information content (AvgIpc) is 1.61. The summed E-state index contributed by atoms with van der Waals surface area (Å²) in [6.45, 7) is 0. The minimum absolute atomic E-state index is 0.899. The first-order valence-corrected chi connectivity index (χ1v) is 2.89. The summed E-state index contributed by atoms with van der Waals surface area (Å²) in [5, 5.41) is 8.92. The molecule has 0 bridgehead atoms. The van der Waals surface area contributed by atoms with Crippen molar-refractivity contribution in [2.24, 2.45) is 0 Å². The number of rotatable bonds is 2. The van der Waals surface area contributed by atoms with Crippen molar-refractivity contribution >= 4 is 15.9 Å². The fourth-order valence-corrected chi connectivity index (χ4v) is 0.402. The first kappa shape index (κ1) is 6.02. The number of hydrogen-bond donors (Lipinski definition) is 1. The van der Waals surface area contributed by atoms with Crippen LogP contribution in [0.5, 0.6) is 0 Å². The Morgan fingerprint density at radius 1 is 1.67 bits per heavy atom. The van der Waals surface area contributed by atoms with Crippen molar-refractivity contribution in [2.75, 3.05) is 5.33 Å². The summed E-state index contributed by atoms with van der Waals surface area (Å²) in [4.78, 5) is 0. The van der Waals surface area contributed by atoms with Crippen molar-refractivity contribution < 1.29 is 5.11 Å². The molecule has 0 radical (unpaired) electrons. The van der Waals surface area contributed by atoms with Gasteiger partial charge in [0.2, 0.25) is 0 Å². The zero-order valence-electron chi connectivity index (χ0n) is 3.39. The monoisotopic (exact) mass is 150 g/mol. The fraction of sp³-hybridized carbons (Fsp3) is 0.500. The van der Waals surface area contributed by atoms with Gasteiger partial charge in [-0.05, 0) is 12.5 Å². The average molecular weight is 151 g/mol. The molecule has 1 nitrogen and oxygen atoms in total. The molecule has 0 unspecified atom stereocenters. The number of halogens is 1. The molecule has 0 aromatic heterocycles. The highest BCUT2D eigenvalue weighted by molar-refractivity contribution is 9.09. The van der Waals surface area contributed by atoms with E-state index in [9.17, 15) is 0 Å². The standard InChI is InChI=1S/C4H7BrO/c5-3-1-2-4-6/h2,4,6H,1,3H2/b4-2+. The number of allylic oxidation sites excluding steroid dienone is 1. The molecule has 0 atom stereocenters. The van der Waals surface area contributed by atoms with E-state index in [1.165, 1.54) is 0 Å². The predicted octanol–water partition coefficient (Wildman–Crippen LogP) is 1.84. The van der Waals surface area contributed by atoms with Crippen molar-refractivity contribution in [2.45, 2.75) is 6.42 Å². The van der Waals surface area contributed by atoms with Crippen LogP contribution in [0.15, 0.2) is 12.3 Å². The van der Waals surface area contributed by atoms with Crippen LogP contribution < -0.4 is 0 Å². The van der Waals surface area contributed by atoms with Gasteiger partial charge in [-0.1, -0.05) is 15.9 Å².